The Morgan fingerprint density at radius 2 is 1.22 bits per heavy atom. The first-order chi connectivity index (χ1) is 19.7. The monoisotopic (exact) mass is 546 g/mol. The maximum atomic E-state index is 12.0. The molecule has 4 aromatic carbocycles. The number of aliphatic hydroxyl groups excluding tert-OH is 1. The summed E-state index contributed by atoms with van der Waals surface area (Å²) in [4.78, 5) is 33.9. The third-order valence-electron chi connectivity index (χ3n) is 7.22. The van der Waals surface area contributed by atoms with Gasteiger partial charge < -0.3 is 9.84 Å². The van der Waals surface area contributed by atoms with E-state index < -0.39 is 23.3 Å². The standard InChI is InChI=1S/C35H30O6/c1-22(2)33(37)32(36)21-39-26-17-13-24(14-18-26)35(25-15-19-27(20-16-25)40-41-34(38)23(3)4)30-11-7-5-9-28(30)29-10-6-8-12-31(29)35/h5-20,32,36H,1,3,21H2,2,4H3. The molecule has 0 spiro atoms. The molecule has 0 saturated carbocycles. The number of aliphatic hydroxyl groups is 1. The molecule has 6 heteroatoms. The van der Waals surface area contributed by atoms with Crippen LogP contribution in [0.2, 0.25) is 0 Å². The van der Waals surface area contributed by atoms with Gasteiger partial charge in [0, 0.05) is 5.57 Å². The molecule has 1 atom stereocenters. The molecule has 1 N–H and O–H groups in total. The van der Waals surface area contributed by atoms with Gasteiger partial charge in [-0.15, -0.1) is 0 Å². The van der Waals surface area contributed by atoms with Crippen LogP contribution in [0.3, 0.4) is 0 Å². The van der Waals surface area contributed by atoms with Crippen LogP contribution in [0, 0.1) is 0 Å². The van der Waals surface area contributed by atoms with Crippen LogP contribution in [0.15, 0.2) is 121 Å². The van der Waals surface area contributed by atoms with Gasteiger partial charge in [-0.25, -0.2) is 9.68 Å². The summed E-state index contributed by atoms with van der Waals surface area (Å²) in [7, 11) is 0. The van der Waals surface area contributed by atoms with Crippen LogP contribution >= 0.6 is 0 Å². The number of fused-ring (bicyclic) bond motifs is 3. The number of hydrogen-bond acceptors (Lipinski definition) is 6. The third-order valence-corrected chi connectivity index (χ3v) is 7.22. The van der Waals surface area contributed by atoms with E-state index in [1.807, 2.05) is 60.7 Å². The zero-order valence-corrected chi connectivity index (χ0v) is 22.9. The fourth-order valence-electron chi connectivity index (χ4n) is 5.28. The molecule has 5 rings (SSSR count). The molecule has 0 radical (unpaired) electrons. The Morgan fingerprint density at radius 1 is 0.732 bits per heavy atom. The highest BCUT2D eigenvalue weighted by Crippen LogP contribution is 2.56. The fraction of sp³-hybridized carbons (Fsp3) is 0.143. The number of hydrogen-bond donors (Lipinski definition) is 1. The van der Waals surface area contributed by atoms with Crippen molar-refractivity contribution in [2.75, 3.05) is 6.61 Å². The molecule has 4 aromatic rings. The van der Waals surface area contributed by atoms with Crippen molar-refractivity contribution in [2.24, 2.45) is 0 Å². The van der Waals surface area contributed by atoms with Gasteiger partial charge in [0.1, 0.15) is 12.4 Å². The summed E-state index contributed by atoms with van der Waals surface area (Å²) in [5.41, 5.74) is 6.38. The van der Waals surface area contributed by atoms with Crippen molar-refractivity contribution < 1.29 is 29.2 Å². The first kappa shape index (κ1) is 27.6. The minimum absolute atomic E-state index is 0.167. The van der Waals surface area contributed by atoms with Crippen molar-refractivity contribution in [1.82, 2.24) is 0 Å². The second-order valence-corrected chi connectivity index (χ2v) is 10.1. The quantitative estimate of drug-likeness (QED) is 0.125. The molecule has 0 amide bonds. The van der Waals surface area contributed by atoms with Gasteiger partial charge in [-0.3, -0.25) is 9.68 Å². The van der Waals surface area contributed by atoms with E-state index in [4.69, 9.17) is 14.5 Å². The molecule has 1 unspecified atom stereocenters. The van der Waals surface area contributed by atoms with E-state index in [1.54, 1.807) is 26.0 Å². The predicted octanol–water partition coefficient (Wildman–Crippen LogP) is 6.35. The number of ether oxygens (including phenoxy) is 1. The second-order valence-electron chi connectivity index (χ2n) is 10.1. The highest BCUT2D eigenvalue weighted by atomic mass is 17.2. The average Bonchev–Trinajstić information content (AvgIpc) is 3.30. The average molecular weight is 547 g/mol. The Labute approximate surface area is 239 Å². The number of carbonyl (C=O) groups is 2. The normalized spacial score (nSPS) is 13.3. The van der Waals surface area contributed by atoms with Crippen LogP contribution in [-0.4, -0.2) is 29.6 Å². The smallest absolute Gasteiger partial charge is 0.381 e. The zero-order chi connectivity index (χ0) is 29.1. The summed E-state index contributed by atoms with van der Waals surface area (Å²) >= 11 is 0. The van der Waals surface area contributed by atoms with Crippen molar-refractivity contribution in [2.45, 2.75) is 25.4 Å². The number of benzene rings is 4. The van der Waals surface area contributed by atoms with Crippen molar-refractivity contribution in [1.29, 1.82) is 0 Å². The van der Waals surface area contributed by atoms with E-state index in [0.29, 0.717) is 11.5 Å². The molecule has 0 bridgehead atoms. The molecule has 41 heavy (non-hydrogen) atoms. The lowest BCUT2D eigenvalue weighted by Crippen LogP contribution is -2.29. The van der Waals surface area contributed by atoms with Gasteiger partial charge in [-0.2, -0.15) is 0 Å². The lowest BCUT2D eigenvalue weighted by Gasteiger charge is -2.34. The summed E-state index contributed by atoms with van der Waals surface area (Å²) in [6.07, 6.45) is -1.28. The van der Waals surface area contributed by atoms with E-state index in [9.17, 15) is 14.7 Å². The maximum absolute atomic E-state index is 12.0. The molecule has 1 aliphatic rings. The van der Waals surface area contributed by atoms with Crippen molar-refractivity contribution in [3.8, 4) is 22.6 Å². The van der Waals surface area contributed by atoms with Gasteiger partial charge in [0.2, 0.25) is 0 Å². The largest absolute Gasteiger partial charge is 0.490 e. The predicted molar refractivity (Wildman–Crippen MR) is 157 cm³/mol. The molecular weight excluding hydrogens is 516 g/mol. The molecule has 1 aliphatic carbocycles. The number of Topliss-reactive ketones (excluding diaryl/α,β-unsaturated/α-hetero) is 1. The fourth-order valence-corrected chi connectivity index (χ4v) is 5.28. The summed E-state index contributed by atoms with van der Waals surface area (Å²) in [6, 6.07) is 31.8. The molecule has 6 nitrogen and oxygen atoms in total. The van der Waals surface area contributed by atoms with Gasteiger partial charge in [0.05, 0.1) is 5.41 Å². The summed E-state index contributed by atoms with van der Waals surface area (Å²) in [5.74, 6) is -0.172. The Kier molecular flexibility index (Phi) is 7.60. The minimum atomic E-state index is -1.28. The lowest BCUT2D eigenvalue weighted by atomic mass is 9.68. The Balaban J connectivity index is 1.56. The highest BCUT2D eigenvalue weighted by molar-refractivity contribution is 5.97. The van der Waals surface area contributed by atoms with Crippen molar-refractivity contribution >= 4 is 11.8 Å². The van der Waals surface area contributed by atoms with Gasteiger partial charge in [-0.1, -0.05) is 86.0 Å². The van der Waals surface area contributed by atoms with Gasteiger partial charge in [0.25, 0.3) is 0 Å². The molecule has 0 aromatic heterocycles. The van der Waals surface area contributed by atoms with Crippen LogP contribution in [0.25, 0.3) is 11.1 Å². The molecule has 0 saturated heterocycles. The van der Waals surface area contributed by atoms with E-state index in [-0.39, 0.29) is 17.8 Å². The second kappa shape index (κ2) is 11.3. The van der Waals surface area contributed by atoms with Crippen LogP contribution < -0.4 is 9.62 Å². The molecule has 0 fully saturated rings. The van der Waals surface area contributed by atoms with Crippen LogP contribution in [-0.2, 0) is 19.9 Å². The Morgan fingerprint density at radius 3 is 1.71 bits per heavy atom. The summed E-state index contributed by atoms with van der Waals surface area (Å²) in [5, 5.41) is 10.1. The summed E-state index contributed by atoms with van der Waals surface area (Å²) in [6.45, 7) is 10.1. The van der Waals surface area contributed by atoms with Crippen molar-refractivity contribution in [3.05, 3.63) is 144 Å². The number of ketones is 1. The van der Waals surface area contributed by atoms with Crippen LogP contribution in [0.4, 0.5) is 0 Å². The Hall–Kier alpha value is -4.94. The van der Waals surface area contributed by atoms with E-state index >= 15 is 0 Å². The van der Waals surface area contributed by atoms with Gasteiger partial charge in [0.15, 0.2) is 17.6 Å². The molecule has 0 aliphatic heterocycles. The molecule has 206 valence electrons. The van der Waals surface area contributed by atoms with Crippen LogP contribution in [0.5, 0.6) is 11.5 Å². The SMILES string of the molecule is C=C(C)C(=O)OOc1ccc(C2(c3ccc(OCC(O)C(=O)C(=C)C)cc3)c3ccccc3-c3ccccc32)cc1. The first-order valence-corrected chi connectivity index (χ1v) is 13.2. The first-order valence-electron chi connectivity index (χ1n) is 13.2. The van der Waals surface area contributed by atoms with Crippen molar-refractivity contribution in [3.63, 3.8) is 0 Å². The van der Waals surface area contributed by atoms with Gasteiger partial charge in [-0.05, 0) is 77.1 Å². The topological polar surface area (TPSA) is 82.1 Å². The lowest BCUT2D eigenvalue weighted by molar-refractivity contribution is -0.208. The highest BCUT2D eigenvalue weighted by Gasteiger charge is 2.45. The van der Waals surface area contributed by atoms with Gasteiger partial charge >= 0.3 is 5.97 Å². The number of rotatable bonds is 10. The van der Waals surface area contributed by atoms with E-state index in [2.05, 4.69) is 37.4 Å². The van der Waals surface area contributed by atoms with Crippen LogP contribution in [0.1, 0.15) is 36.1 Å². The summed E-state index contributed by atoms with van der Waals surface area (Å²) < 4.78 is 5.74. The third kappa shape index (κ3) is 5.06. The Bertz CT molecular complexity index is 1590. The van der Waals surface area contributed by atoms with E-state index in [1.165, 1.54) is 0 Å². The minimum Gasteiger partial charge on any atom is -0.490 e. The maximum Gasteiger partial charge on any atom is 0.381 e. The zero-order valence-electron chi connectivity index (χ0n) is 22.9. The van der Waals surface area contributed by atoms with E-state index in [0.717, 1.165) is 33.4 Å². The number of carbonyl (C=O) groups excluding carboxylic acids is 2. The molecular formula is C35H30O6. The molecule has 0 heterocycles.